The fourth-order valence-electron chi connectivity index (χ4n) is 2.98. The maximum Gasteiger partial charge on any atom is 0.255 e. The van der Waals surface area contributed by atoms with Gasteiger partial charge in [-0.15, -0.1) is 0 Å². The quantitative estimate of drug-likeness (QED) is 0.697. The Kier molecular flexibility index (Phi) is 5.02. The Morgan fingerprint density at radius 3 is 2.65 bits per heavy atom. The summed E-state index contributed by atoms with van der Waals surface area (Å²) in [5.41, 5.74) is 3.40. The van der Waals surface area contributed by atoms with Gasteiger partial charge < -0.3 is 9.42 Å². The Bertz CT molecular complexity index is 946. The topological polar surface area (TPSA) is 72.1 Å². The molecule has 6 nitrogen and oxygen atoms in total. The largest absolute Gasteiger partial charge is 0.337 e. The number of aromatic nitrogens is 3. The monoisotopic (exact) mass is 352 g/mol. The molecule has 0 aliphatic carbocycles. The summed E-state index contributed by atoms with van der Waals surface area (Å²) in [6.45, 7) is 10.1. The second-order valence-electron chi connectivity index (χ2n) is 6.77. The van der Waals surface area contributed by atoms with Crippen LogP contribution in [0.3, 0.4) is 0 Å². The van der Waals surface area contributed by atoms with Crippen molar-refractivity contribution in [2.45, 2.75) is 53.6 Å². The molecule has 1 aromatic carbocycles. The molecule has 136 valence electrons. The SMILES string of the molecule is CCc1noc(CN(C(=O)c2cc(C)nc3c(C)cccc23)C(C)C)n1. The molecular formula is C20H24N4O2. The van der Waals surface area contributed by atoms with Gasteiger partial charge in [0.1, 0.15) is 6.54 Å². The number of carbonyl (C=O) groups excluding carboxylic acids is 1. The number of para-hydroxylation sites is 1. The minimum absolute atomic E-state index is 0.00666. The third kappa shape index (κ3) is 3.45. The molecule has 0 saturated heterocycles. The van der Waals surface area contributed by atoms with Crippen LogP contribution in [-0.2, 0) is 13.0 Å². The van der Waals surface area contributed by atoms with E-state index in [-0.39, 0.29) is 18.5 Å². The molecule has 0 spiro atoms. The van der Waals surface area contributed by atoms with Gasteiger partial charge in [-0.2, -0.15) is 4.98 Å². The van der Waals surface area contributed by atoms with Crippen LogP contribution in [0.4, 0.5) is 0 Å². The predicted octanol–water partition coefficient (Wildman–Crippen LogP) is 3.85. The van der Waals surface area contributed by atoms with Crippen molar-refractivity contribution in [3.63, 3.8) is 0 Å². The molecule has 2 aromatic heterocycles. The molecule has 0 aliphatic heterocycles. The minimum atomic E-state index is -0.0580. The molecule has 0 aliphatic rings. The fourth-order valence-corrected chi connectivity index (χ4v) is 2.98. The van der Waals surface area contributed by atoms with E-state index in [1.54, 1.807) is 4.90 Å². The number of rotatable bonds is 5. The van der Waals surface area contributed by atoms with Crippen molar-refractivity contribution in [2.24, 2.45) is 0 Å². The van der Waals surface area contributed by atoms with E-state index in [1.165, 1.54) is 0 Å². The van der Waals surface area contributed by atoms with Crippen LogP contribution in [0.15, 0.2) is 28.8 Å². The van der Waals surface area contributed by atoms with E-state index in [9.17, 15) is 4.79 Å². The van der Waals surface area contributed by atoms with Crippen molar-refractivity contribution in [3.05, 3.63) is 52.8 Å². The summed E-state index contributed by atoms with van der Waals surface area (Å²) in [4.78, 5) is 24.1. The van der Waals surface area contributed by atoms with E-state index in [0.717, 1.165) is 22.2 Å². The molecule has 2 heterocycles. The van der Waals surface area contributed by atoms with Gasteiger partial charge in [0, 0.05) is 23.5 Å². The van der Waals surface area contributed by atoms with Crippen molar-refractivity contribution in [2.75, 3.05) is 0 Å². The van der Waals surface area contributed by atoms with Crippen molar-refractivity contribution in [1.82, 2.24) is 20.0 Å². The van der Waals surface area contributed by atoms with Crippen molar-refractivity contribution < 1.29 is 9.32 Å². The number of hydrogen-bond acceptors (Lipinski definition) is 5. The normalized spacial score (nSPS) is 11.3. The Hall–Kier alpha value is -2.76. The molecule has 3 aromatic rings. The standard InChI is InChI=1S/C20H24N4O2/c1-6-17-22-18(26-23-17)11-24(12(2)3)20(25)16-10-14(5)21-19-13(4)8-7-9-15(16)19/h7-10,12H,6,11H2,1-5H3. The highest BCUT2D eigenvalue weighted by atomic mass is 16.5. The van der Waals surface area contributed by atoms with Gasteiger partial charge in [0.25, 0.3) is 5.91 Å². The summed E-state index contributed by atoms with van der Waals surface area (Å²) < 4.78 is 5.29. The maximum absolute atomic E-state index is 13.4. The van der Waals surface area contributed by atoms with Crippen molar-refractivity contribution in [3.8, 4) is 0 Å². The Labute approximate surface area is 153 Å². The highest BCUT2D eigenvalue weighted by Crippen LogP contribution is 2.24. The molecule has 0 atom stereocenters. The van der Waals surface area contributed by atoms with Crippen molar-refractivity contribution in [1.29, 1.82) is 0 Å². The molecule has 0 fully saturated rings. The zero-order valence-corrected chi connectivity index (χ0v) is 15.9. The first-order chi connectivity index (χ1) is 12.4. The van der Waals surface area contributed by atoms with E-state index in [2.05, 4.69) is 15.1 Å². The lowest BCUT2D eigenvalue weighted by Gasteiger charge is -2.26. The van der Waals surface area contributed by atoms with Crippen LogP contribution in [0.25, 0.3) is 10.9 Å². The first-order valence-electron chi connectivity index (χ1n) is 8.90. The molecule has 1 amide bonds. The number of amides is 1. The molecular weight excluding hydrogens is 328 g/mol. The Morgan fingerprint density at radius 1 is 1.23 bits per heavy atom. The summed E-state index contributed by atoms with van der Waals surface area (Å²) in [6.07, 6.45) is 0.701. The molecule has 0 unspecified atom stereocenters. The van der Waals surface area contributed by atoms with Gasteiger partial charge in [0.15, 0.2) is 5.82 Å². The second-order valence-corrected chi connectivity index (χ2v) is 6.77. The average molecular weight is 352 g/mol. The number of aryl methyl sites for hydroxylation is 3. The summed E-state index contributed by atoms with van der Waals surface area (Å²) in [7, 11) is 0. The third-order valence-electron chi connectivity index (χ3n) is 4.42. The number of carbonyl (C=O) groups is 1. The van der Waals surface area contributed by atoms with Gasteiger partial charge in [0.2, 0.25) is 5.89 Å². The summed E-state index contributed by atoms with van der Waals surface area (Å²) >= 11 is 0. The van der Waals surface area contributed by atoms with Crippen LogP contribution in [0.2, 0.25) is 0 Å². The van der Waals surface area contributed by atoms with Crippen LogP contribution in [0, 0.1) is 13.8 Å². The predicted molar refractivity (Wildman–Crippen MR) is 99.9 cm³/mol. The number of hydrogen-bond donors (Lipinski definition) is 0. The van der Waals surface area contributed by atoms with E-state index in [0.29, 0.717) is 23.7 Å². The summed E-state index contributed by atoms with van der Waals surface area (Å²) in [5, 5.41) is 4.79. The van der Waals surface area contributed by atoms with Crippen molar-refractivity contribution >= 4 is 16.8 Å². The highest BCUT2D eigenvalue weighted by molar-refractivity contribution is 6.06. The number of nitrogens with zero attached hydrogens (tertiary/aromatic N) is 4. The molecule has 0 radical (unpaired) electrons. The molecule has 0 saturated carbocycles. The number of fused-ring (bicyclic) bond motifs is 1. The Morgan fingerprint density at radius 2 is 2.00 bits per heavy atom. The zero-order chi connectivity index (χ0) is 18.8. The average Bonchev–Trinajstić information content (AvgIpc) is 3.07. The van der Waals surface area contributed by atoms with Gasteiger partial charge in [-0.05, 0) is 39.3 Å². The third-order valence-corrected chi connectivity index (χ3v) is 4.42. The van der Waals surface area contributed by atoms with Gasteiger partial charge >= 0.3 is 0 Å². The maximum atomic E-state index is 13.4. The van der Waals surface area contributed by atoms with E-state index in [4.69, 9.17) is 4.52 Å². The first-order valence-corrected chi connectivity index (χ1v) is 8.90. The molecule has 26 heavy (non-hydrogen) atoms. The summed E-state index contributed by atoms with van der Waals surface area (Å²) in [6, 6.07) is 7.76. The van der Waals surface area contributed by atoms with Gasteiger partial charge in [-0.3, -0.25) is 9.78 Å². The van der Waals surface area contributed by atoms with E-state index >= 15 is 0 Å². The zero-order valence-electron chi connectivity index (χ0n) is 15.9. The summed E-state index contributed by atoms with van der Waals surface area (Å²) in [5.74, 6) is 1.05. The lowest BCUT2D eigenvalue weighted by molar-refractivity contribution is 0.0669. The molecule has 0 bridgehead atoms. The lowest BCUT2D eigenvalue weighted by atomic mass is 10.0. The van der Waals surface area contributed by atoms with Gasteiger partial charge in [-0.25, -0.2) is 0 Å². The number of benzene rings is 1. The second kappa shape index (κ2) is 7.23. The van der Waals surface area contributed by atoms with Crippen LogP contribution < -0.4 is 0 Å². The van der Waals surface area contributed by atoms with E-state index in [1.807, 2.05) is 58.9 Å². The lowest BCUT2D eigenvalue weighted by Crippen LogP contribution is -2.36. The van der Waals surface area contributed by atoms with Crippen LogP contribution in [-0.4, -0.2) is 32.0 Å². The first kappa shape index (κ1) is 18.0. The number of pyridine rings is 1. The fraction of sp³-hybridized carbons (Fsp3) is 0.400. The highest BCUT2D eigenvalue weighted by Gasteiger charge is 2.24. The van der Waals surface area contributed by atoms with Crippen LogP contribution in [0.1, 0.15) is 54.1 Å². The van der Waals surface area contributed by atoms with E-state index < -0.39 is 0 Å². The smallest absolute Gasteiger partial charge is 0.255 e. The van der Waals surface area contributed by atoms with Gasteiger partial charge in [-0.1, -0.05) is 30.3 Å². The molecule has 6 heteroatoms. The van der Waals surface area contributed by atoms with Crippen LogP contribution in [0.5, 0.6) is 0 Å². The van der Waals surface area contributed by atoms with Crippen LogP contribution >= 0.6 is 0 Å². The van der Waals surface area contributed by atoms with Gasteiger partial charge in [0.05, 0.1) is 11.1 Å². The molecule has 3 rings (SSSR count). The molecule has 0 N–H and O–H groups in total. The minimum Gasteiger partial charge on any atom is -0.337 e. The Balaban J connectivity index is 2.02.